The van der Waals surface area contributed by atoms with Crippen LogP contribution in [0.25, 0.3) is 0 Å². The van der Waals surface area contributed by atoms with Gasteiger partial charge in [0.05, 0.1) is 10.4 Å². The Labute approximate surface area is 136 Å². The zero-order valence-electron chi connectivity index (χ0n) is 12.1. The maximum Gasteiger partial charge on any atom is 0.241 e. The summed E-state index contributed by atoms with van der Waals surface area (Å²) in [5.41, 5.74) is 0.386. The fraction of sp³-hybridized carbons (Fsp3) is 0.294. The summed E-state index contributed by atoms with van der Waals surface area (Å²) < 4.78 is 28.4. The van der Waals surface area contributed by atoms with Gasteiger partial charge in [-0.2, -0.15) is 0 Å². The summed E-state index contributed by atoms with van der Waals surface area (Å²) in [6.45, 7) is 0. The van der Waals surface area contributed by atoms with E-state index in [1.807, 2.05) is 18.2 Å². The second kappa shape index (κ2) is 6.03. The van der Waals surface area contributed by atoms with Crippen LogP contribution in [0.2, 0.25) is 5.02 Å². The highest BCUT2D eigenvalue weighted by atomic mass is 35.5. The van der Waals surface area contributed by atoms with E-state index in [9.17, 15) is 8.42 Å². The number of nitrogens with one attached hydrogen (secondary N) is 1. The first-order valence-electron chi connectivity index (χ1n) is 7.37. The van der Waals surface area contributed by atoms with Gasteiger partial charge in [-0.05, 0) is 42.7 Å². The Morgan fingerprint density at radius 3 is 2.27 bits per heavy atom. The lowest BCUT2D eigenvalue weighted by molar-refractivity contribution is 0.404. The van der Waals surface area contributed by atoms with E-state index in [-0.39, 0.29) is 0 Å². The fourth-order valence-electron chi connectivity index (χ4n) is 3.13. The van der Waals surface area contributed by atoms with Gasteiger partial charge < -0.3 is 0 Å². The van der Waals surface area contributed by atoms with Crippen molar-refractivity contribution in [2.45, 2.75) is 36.1 Å². The highest BCUT2D eigenvalue weighted by Crippen LogP contribution is 2.40. The molecule has 1 saturated carbocycles. The second-order valence-corrected chi connectivity index (χ2v) is 7.84. The Balaban J connectivity index is 1.99. The van der Waals surface area contributed by atoms with Crippen molar-refractivity contribution >= 4 is 21.6 Å². The molecule has 1 N–H and O–H groups in total. The van der Waals surface area contributed by atoms with Crippen molar-refractivity contribution in [2.24, 2.45) is 0 Å². The highest BCUT2D eigenvalue weighted by molar-refractivity contribution is 7.89. The molecule has 0 heterocycles. The van der Waals surface area contributed by atoms with Crippen LogP contribution >= 0.6 is 11.6 Å². The second-order valence-electron chi connectivity index (χ2n) is 5.72. The molecular weight excluding hydrogens is 318 g/mol. The van der Waals surface area contributed by atoms with E-state index in [1.165, 1.54) is 0 Å². The predicted octanol–water partition coefficient (Wildman–Crippen LogP) is 4.09. The van der Waals surface area contributed by atoms with Gasteiger partial charge in [0.15, 0.2) is 0 Å². The molecule has 0 radical (unpaired) electrons. The quantitative estimate of drug-likeness (QED) is 0.914. The summed E-state index contributed by atoms with van der Waals surface area (Å²) in [6, 6.07) is 16.0. The van der Waals surface area contributed by atoms with Gasteiger partial charge >= 0.3 is 0 Å². The molecule has 0 amide bonds. The topological polar surface area (TPSA) is 46.2 Å². The summed E-state index contributed by atoms with van der Waals surface area (Å²) in [6.07, 6.45) is 3.59. The van der Waals surface area contributed by atoms with Crippen LogP contribution in [-0.4, -0.2) is 8.42 Å². The molecule has 2 aromatic carbocycles. The number of rotatable bonds is 4. The molecule has 0 aromatic heterocycles. The van der Waals surface area contributed by atoms with E-state index in [1.54, 1.807) is 36.4 Å². The molecule has 1 aliphatic carbocycles. The van der Waals surface area contributed by atoms with Crippen LogP contribution in [0.15, 0.2) is 59.5 Å². The summed E-state index contributed by atoms with van der Waals surface area (Å²) in [5.74, 6) is 0. The fourth-order valence-corrected chi connectivity index (χ4v) is 4.79. The van der Waals surface area contributed by atoms with Crippen LogP contribution in [0.4, 0.5) is 0 Å². The lowest BCUT2D eigenvalue weighted by atomic mass is 9.89. The maximum atomic E-state index is 12.7. The number of benzene rings is 2. The first-order chi connectivity index (χ1) is 10.5. The molecule has 0 unspecified atom stereocenters. The summed E-state index contributed by atoms with van der Waals surface area (Å²) in [7, 11) is -3.56. The molecule has 1 aliphatic rings. The SMILES string of the molecule is O=S(=O)(NC1(c2cccc(Cl)c2)CCCC1)c1ccccc1. The number of hydrogen-bond donors (Lipinski definition) is 1. The average molecular weight is 336 g/mol. The van der Waals surface area contributed by atoms with E-state index in [0.717, 1.165) is 31.2 Å². The van der Waals surface area contributed by atoms with Crippen LogP contribution in [0, 0.1) is 0 Å². The van der Waals surface area contributed by atoms with Crippen molar-refractivity contribution in [1.29, 1.82) is 0 Å². The van der Waals surface area contributed by atoms with E-state index < -0.39 is 15.6 Å². The minimum absolute atomic E-state index is 0.295. The Bertz CT molecular complexity index is 753. The minimum atomic E-state index is -3.56. The molecule has 5 heteroatoms. The molecular formula is C17H18ClNO2S. The maximum absolute atomic E-state index is 12.7. The first-order valence-corrected chi connectivity index (χ1v) is 9.23. The van der Waals surface area contributed by atoms with Gasteiger partial charge in [0.1, 0.15) is 0 Å². The third-order valence-electron chi connectivity index (χ3n) is 4.22. The Kier molecular flexibility index (Phi) is 4.26. The van der Waals surface area contributed by atoms with Gasteiger partial charge in [0.25, 0.3) is 0 Å². The van der Waals surface area contributed by atoms with Crippen LogP contribution < -0.4 is 4.72 Å². The molecule has 0 bridgehead atoms. The first kappa shape index (κ1) is 15.5. The van der Waals surface area contributed by atoms with E-state index >= 15 is 0 Å². The third-order valence-corrected chi connectivity index (χ3v) is 6.00. The standard InChI is InChI=1S/C17H18ClNO2S/c18-15-8-6-7-14(13-15)17(11-4-5-12-17)19-22(20,21)16-9-2-1-3-10-16/h1-3,6-10,13,19H,4-5,11-12H2. The van der Waals surface area contributed by atoms with Crippen molar-refractivity contribution in [2.75, 3.05) is 0 Å². The van der Waals surface area contributed by atoms with Crippen LogP contribution in [0.1, 0.15) is 31.2 Å². The van der Waals surface area contributed by atoms with Crippen molar-refractivity contribution in [3.63, 3.8) is 0 Å². The number of sulfonamides is 1. The van der Waals surface area contributed by atoms with Crippen LogP contribution in [0.3, 0.4) is 0 Å². The smallest absolute Gasteiger partial charge is 0.207 e. The molecule has 1 fully saturated rings. The molecule has 0 aliphatic heterocycles. The molecule has 3 nitrogen and oxygen atoms in total. The molecule has 22 heavy (non-hydrogen) atoms. The van der Waals surface area contributed by atoms with Crippen molar-refractivity contribution in [1.82, 2.24) is 4.72 Å². The van der Waals surface area contributed by atoms with Crippen LogP contribution in [0.5, 0.6) is 0 Å². The monoisotopic (exact) mass is 335 g/mol. The molecule has 0 saturated heterocycles. The van der Waals surface area contributed by atoms with Gasteiger partial charge in [0, 0.05) is 5.02 Å². The molecule has 3 rings (SSSR count). The van der Waals surface area contributed by atoms with Gasteiger partial charge in [-0.15, -0.1) is 0 Å². The summed E-state index contributed by atoms with van der Waals surface area (Å²) in [4.78, 5) is 0.295. The minimum Gasteiger partial charge on any atom is -0.207 e. The lowest BCUT2D eigenvalue weighted by Gasteiger charge is -2.31. The Morgan fingerprint density at radius 2 is 1.64 bits per heavy atom. The zero-order chi connectivity index (χ0) is 15.6. The van der Waals surface area contributed by atoms with Crippen molar-refractivity contribution < 1.29 is 8.42 Å². The molecule has 116 valence electrons. The van der Waals surface area contributed by atoms with Gasteiger partial charge in [-0.25, -0.2) is 13.1 Å². The Morgan fingerprint density at radius 1 is 0.955 bits per heavy atom. The van der Waals surface area contributed by atoms with Gasteiger partial charge in [-0.3, -0.25) is 0 Å². The zero-order valence-corrected chi connectivity index (χ0v) is 13.7. The lowest BCUT2D eigenvalue weighted by Crippen LogP contribution is -2.43. The summed E-state index contributed by atoms with van der Waals surface area (Å²) in [5, 5.41) is 0.627. The van der Waals surface area contributed by atoms with E-state index in [0.29, 0.717) is 9.92 Å². The Hall–Kier alpha value is -1.36. The van der Waals surface area contributed by atoms with E-state index in [2.05, 4.69) is 4.72 Å². The number of hydrogen-bond acceptors (Lipinski definition) is 2. The highest BCUT2D eigenvalue weighted by Gasteiger charge is 2.39. The third kappa shape index (κ3) is 3.05. The molecule has 0 spiro atoms. The molecule has 2 aromatic rings. The molecule has 0 atom stereocenters. The van der Waals surface area contributed by atoms with Crippen LogP contribution in [-0.2, 0) is 15.6 Å². The average Bonchev–Trinajstić information content (AvgIpc) is 2.97. The largest absolute Gasteiger partial charge is 0.241 e. The van der Waals surface area contributed by atoms with Crippen molar-refractivity contribution in [3.8, 4) is 0 Å². The predicted molar refractivity (Wildman–Crippen MR) is 88.4 cm³/mol. The summed E-state index contributed by atoms with van der Waals surface area (Å²) >= 11 is 6.10. The van der Waals surface area contributed by atoms with Gasteiger partial charge in [0.2, 0.25) is 10.0 Å². The normalized spacial score (nSPS) is 17.5. The van der Waals surface area contributed by atoms with Gasteiger partial charge in [-0.1, -0.05) is 54.8 Å². The van der Waals surface area contributed by atoms with Crippen molar-refractivity contribution in [3.05, 3.63) is 65.2 Å². The number of halogens is 1. The van der Waals surface area contributed by atoms with E-state index in [4.69, 9.17) is 11.6 Å².